The second kappa shape index (κ2) is 4.57. The summed E-state index contributed by atoms with van der Waals surface area (Å²) in [5.74, 6) is -0.0412. The molecule has 1 heterocycles. The van der Waals surface area contributed by atoms with Gasteiger partial charge in [-0.1, -0.05) is 6.92 Å². The van der Waals surface area contributed by atoms with Crippen molar-refractivity contribution < 1.29 is 9.90 Å². The average Bonchev–Trinajstić information content (AvgIpc) is 2.67. The highest BCUT2D eigenvalue weighted by Gasteiger charge is 2.23. The topological polar surface area (TPSA) is 49.3 Å². The third-order valence-electron chi connectivity index (χ3n) is 2.09. The van der Waals surface area contributed by atoms with Crippen LogP contribution < -0.4 is 5.32 Å². The molecule has 1 aromatic rings. The Bertz CT molecular complexity index is 293. The number of rotatable bonds is 4. The van der Waals surface area contributed by atoms with Gasteiger partial charge in [-0.2, -0.15) is 11.3 Å². The van der Waals surface area contributed by atoms with E-state index in [1.807, 2.05) is 16.8 Å². The van der Waals surface area contributed by atoms with Crippen LogP contribution in [-0.4, -0.2) is 17.6 Å². The fourth-order valence-electron chi connectivity index (χ4n) is 1.07. The molecule has 1 rings (SSSR count). The molecule has 1 amide bonds. The SMILES string of the molecule is CCC(=O)NCC(C)(O)c1ccsc1. The summed E-state index contributed by atoms with van der Waals surface area (Å²) in [6.45, 7) is 3.75. The zero-order valence-corrected chi connectivity index (χ0v) is 9.23. The van der Waals surface area contributed by atoms with Crippen LogP contribution in [0.5, 0.6) is 0 Å². The number of aliphatic hydroxyl groups is 1. The Labute approximate surface area is 87.8 Å². The highest BCUT2D eigenvalue weighted by atomic mass is 32.1. The molecule has 1 aromatic heterocycles. The van der Waals surface area contributed by atoms with Crippen LogP contribution in [0.2, 0.25) is 0 Å². The molecule has 1 unspecified atom stereocenters. The van der Waals surface area contributed by atoms with E-state index < -0.39 is 5.60 Å². The van der Waals surface area contributed by atoms with Gasteiger partial charge in [0, 0.05) is 6.42 Å². The van der Waals surface area contributed by atoms with Crippen LogP contribution in [0.25, 0.3) is 0 Å². The molecule has 0 aliphatic heterocycles. The predicted molar refractivity (Wildman–Crippen MR) is 57.2 cm³/mol. The Morgan fingerprint density at radius 2 is 2.43 bits per heavy atom. The van der Waals surface area contributed by atoms with Gasteiger partial charge in [-0.3, -0.25) is 4.79 Å². The minimum atomic E-state index is -0.967. The van der Waals surface area contributed by atoms with E-state index in [2.05, 4.69) is 5.32 Å². The molecule has 0 aromatic carbocycles. The van der Waals surface area contributed by atoms with Crippen molar-refractivity contribution in [3.8, 4) is 0 Å². The Morgan fingerprint density at radius 1 is 1.71 bits per heavy atom. The lowest BCUT2D eigenvalue weighted by atomic mass is 9.99. The highest BCUT2D eigenvalue weighted by molar-refractivity contribution is 7.08. The van der Waals surface area contributed by atoms with Crippen LogP contribution in [0.1, 0.15) is 25.8 Å². The molecular weight excluding hydrogens is 198 g/mol. The van der Waals surface area contributed by atoms with Crippen molar-refractivity contribution in [2.45, 2.75) is 25.9 Å². The van der Waals surface area contributed by atoms with Crippen LogP contribution >= 0.6 is 11.3 Å². The van der Waals surface area contributed by atoms with Crippen LogP contribution in [0, 0.1) is 0 Å². The second-order valence-electron chi connectivity index (χ2n) is 3.42. The van der Waals surface area contributed by atoms with Gasteiger partial charge >= 0.3 is 0 Å². The number of hydrogen-bond acceptors (Lipinski definition) is 3. The quantitative estimate of drug-likeness (QED) is 0.796. The summed E-state index contributed by atoms with van der Waals surface area (Å²) < 4.78 is 0. The van der Waals surface area contributed by atoms with Gasteiger partial charge in [-0.05, 0) is 29.3 Å². The van der Waals surface area contributed by atoms with E-state index in [-0.39, 0.29) is 12.5 Å². The lowest BCUT2D eigenvalue weighted by molar-refractivity contribution is -0.122. The maximum absolute atomic E-state index is 11.0. The first-order valence-corrected chi connectivity index (χ1v) is 5.52. The molecule has 0 aliphatic carbocycles. The van der Waals surface area contributed by atoms with Gasteiger partial charge in [0.25, 0.3) is 0 Å². The highest BCUT2D eigenvalue weighted by Crippen LogP contribution is 2.21. The maximum Gasteiger partial charge on any atom is 0.219 e. The molecule has 0 aliphatic rings. The minimum absolute atomic E-state index is 0.0412. The van der Waals surface area contributed by atoms with Crippen LogP contribution in [0.15, 0.2) is 16.8 Å². The summed E-state index contributed by atoms with van der Waals surface area (Å²) in [6.07, 6.45) is 0.444. The van der Waals surface area contributed by atoms with Gasteiger partial charge in [-0.25, -0.2) is 0 Å². The summed E-state index contributed by atoms with van der Waals surface area (Å²) >= 11 is 1.53. The fourth-order valence-corrected chi connectivity index (χ4v) is 1.85. The number of hydrogen-bond donors (Lipinski definition) is 2. The van der Waals surface area contributed by atoms with Crippen molar-refractivity contribution in [3.05, 3.63) is 22.4 Å². The largest absolute Gasteiger partial charge is 0.384 e. The monoisotopic (exact) mass is 213 g/mol. The van der Waals surface area contributed by atoms with E-state index in [1.165, 1.54) is 11.3 Å². The third kappa shape index (κ3) is 2.82. The molecule has 4 heteroatoms. The molecule has 78 valence electrons. The number of carbonyl (C=O) groups is 1. The Balaban J connectivity index is 2.54. The maximum atomic E-state index is 11.0. The molecule has 0 saturated heterocycles. The van der Waals surface area contributed by atoms with E-state index in [1.54, 1.807) is 13.8 Å². The Morgan fingerprint density at radius 3 is 2.93 bits per heavy atom. The van der Waals surface area contributed by atoms with Crippen LogP contribution in [0.4, 0.5) is 0 Å². The van der Waals surface area contributed by atoms with E-state index in [0.717, 1.165) is 5.56 Å². The molecule has 1 atom stereocenters. The van der Waals surface area contributed by atoms with Crippen LogP contribution in [-0.2, 0) is 10.4 Å². The van der Waals surface area contributed by atoms with Crippen molar-refractivity contribution in [2.75, 3.05) is 6.54 Å². The Hall–Kier alpha value is -0.870. The first kappa shape index (κ1) is 11.2. The average molecular weight is 213 g/mol. The van der Waals surface area contributed by atoms with E-state index in [0.29, 0.717) is 6.42 Å². The summed E-state index contributed by atoms with van der Waals surface area (Å²) in [6, 6.07) is 1.86. The predicted octanol–water partition coefficient (Wildman–Crippen LogP) is 1.48. The first-order valence-electron chi connectivity index (χ1n) is 4.58. The normalized spacial score (nSPS) is 14.8. The smallest absolute Gasteiger partial charge is 0.219 e. The van der Waals surface area contributed by atoms with Crippen molar-refractivity contribution in [1.82, 2.24) is 5.32 Å². The fraction of sp³-hybridized carbons (Fsp3) is 0.500. The van der Waals surface area contributed by atoms with E-state index in [4.69, 9.17) is 0 Å². The van der Waals surface area contributed by atoms with Gasteiger partial charge in [0.1, 0.15) is 5.60 Å². The molecule has 3 nitrogen and oxygen atoms in total. The third-order valence-corrected chi connectivity index (χ3v) is 2.78. The second-order valence-corrected chi connectivity index (χ2v) is 4.20. The summed E-state index contributed by atoms with van der Waals surface area (Å²) in [5, 5.41) is 16.5. The van der Waals surface area contributed by atoms with Gasteiger partial charge in [-0.15, -0.1) is 0 Å². The standard InChI is InChI=1S/C10H15NO2S/c1-3-9(12)11-7-10(2,13)8-4-5-14-6-8/h4-6,13H,3,7H2,1-2H3,(H,11,12). The van der Waals surface area contributed by atoms with E-state index in [9.17, 15) is 9.90 Å². The van der Waals surface area contributed by atoms with Gasteiger partial charge in [0.05, 0.1) is 6.54 Å². The number of carbonyl (C=O) groups excluding carboxylic acids is 1. The van der Waals surface area contributed by atoms with Crippen LogP contribution in [0.3, 0.4) is 0 Å². The van der Waals surface area contributed by atoms with Gasteiger partial charge in [0.15, 0.2) is 0 Å². The molecule has 14 heavy (non-hydrogen) atoms. The molecule has 0 radical (unpaired) electrons. The molecule has 0 fully saturated rings. The summed E-state index contributed by atoms with van der Waals surface area (Å²) in [5.41, 5.74) is -0.121. The lowest BCUT2D eigenvalue weighted by Gasteiger charge is -2.22. The van der Waals surface area contributed by atoms with Crippen molar-refractivity contribution in [3.63, 3.8) is 0 Å². The van der Waals surface area contributed by atoms with Gasteiger partial charge in [0.2, 0.25) is 5.91 Å². The van der Waals surface area contributed by atoms with Crippen molar-refractivity contribution in [2.24, 2.45) is 0 Å². The molecule has 2 N–H and O–H groups in total. The minimum Gasteiger partial charge on any atom is -0.384 e. The van der Waals surface area contributed by atoms with Crippen molar-refractivity contribution >= 4 is 17.2 Å². The first-order chi connectivity index (χ1) is 6.56. The summed E-state index contributed by atoms with van der Waals surface area (Å²) in [7, 11) is 0. The Kier molecular flexibility index (Phi) is 3.66. The number of thiophene rings is 1. The van der Waals surface area contributed by atoms with Gasteiger partial charge < -0.3 is 10.4 Å². The zero-order chi connectivity index (χ0) is 10.6. The molecule has 0 bridgehead atoms. The molecular formula is C10H15NO2S. The number of amides is 1. The molecule has 0 spiro atoms. The molecule has 0 saturated carbocycles. The number of nitrogens with one attached hydrogen (secondary N) is 1. The lowest BCUT2D eigenvalue weighted by Crippen LogP contribution is -2.38. The van der Waals surface area contributed by atoms with E-state index >= 15 is 0 Å². The van der Waals surface area contributed by atoms with Crippen molar-refractivity contribution in [1.29, 1.82) is 0 Å². The summed E-state index contributed by atoms with van der Waals surface area (Å²) in [4.78, 5) is 11.0. The zero-order valence-electron chi connectivity index (χ0n) is 8.41.